The van der Waals surface area contributed by atoms with E-state index in [0.717, 1.165) is 12.1 Å². The summed E-state index contributed by atoms with van der Waals surface area (Å²) >= 11 is 5.53. The van der Waals surface area contributed by atoms with Gasteiger partial charge in [-0.1, -0.05) is 11.6 Å². The Morgan fingerprint density at radius 3 is 2.90 bits per heavy atom. The van der Waals surface area contributed by atoms with E-state index in [9.17, 15) is 14.5 Å². The van der Waals surface area contributed by atoms with Crippen molar-refractivity contribution in [3.8, 4) is 0 Å². The first-order valence-corrected chi connectivity index (χ1v) is 6.07. The maximum Gasteiger partial charge on any atom is 0.294 e. The second-order valence-corrected chi connectivity index (χ2v) is 4.46. The third-order valence-electron chi connectivity index (χ3n) is 2.55. The lowest BCUT2D eigenvalue weighted by molar-refractivity contribution is -0.384. The van der Waals surface area contributed by atoms with E-state index >= 15 is 0 Å². The quantitative estimate of drug-likeness (QED) is 0.675. The van der Waals surface area contributed by atoms with Gasteiger partial charge in [-0.3, -0.25) is 14.8 Å². The molecule has 9 heteroatoms. The zero-order valence-corrected chi connectivity index (χ0v) is 11.3. The van der Waals surface area contributed by atoms with Crippen LogP contribution in [0.25, 0.3) is 0 Å². The molecule has 0 saturated heterocycles. The highest BCUT2D eigenvalue weighted by molar-refractivity contribution is 6.31. The Hall–Kier alpha value is -2.22. The van der Waals surface area contributed by atoms with E-state index in [1.54, 1.807) is 18.1 Å². The zero-order valence-electron chi connectivity index (χ0n) is 10.5. The fourth-order valence-corrected chi connectivity index (χ4v) is 1.79. The number of rotatable bonds is 5. The van der Waals surface area contributed by atoms with E-state index in [4.69, 9.17) is 11.6 Å². The van der Waals surface area contributed by atoms with Crippen LogP contribution in [0.5, 0.6) is 0 Å². The van der Waals surface area contributed by atoms with Gasteiger partial charge in [-0.15, -0.1) is 0 Å². The van der Waals surface area contributed by atoms with Gasteiger partial charge in [0.05, 0.1) is 9.95 Å². The molecule has 0 amide bonds. The summed E-state index contributed by atoms with van der Waals surface area (Å²) < 4.78 is 14.9. The van der Waals surface area contributed by atoms with Gasteiger partial charge in [-0.05, 0) is 0 Å². The molecule has 0 atom stereocenters. The minimum atomic E-state index is -0.712. The molecular weight excluding hydrogens is 289 g/mol. The molecule has 0 unspecified atom stereocenters. The van der Waals surface area contributed by atoms with Gasteiger partial charge in [-0.2, -0.15) is 5.10 Å². The third-order valence-corrected chi connectivity index (χ3v) is 2.84. The number of anilines is 1. The number of aromatic nitrogens is 3. The molecule has 20 heavy (non-hydrogen) atoms. The Labute approximate surface area is 118 Å². The van der Waals surface area contributed by atoms with Crippen molar-refractivity contribution in [2.45, 2.75) is 6.42 Å². The fourth-order valence-electron chi connectivity index (χ4n) is 1.64. The summed E-state index contributed by atoms with van der Waals surface area (Å²) in [5, 5.41) is 17.5. The molecule has 1 aromatic heterocycles. The highest BCUT2D eigenvalue weighted by atomic mass is 35.5. The standard InChI is InChI=1S/C11H11ClFN5O2/c1-17-6-15-11(16-17)2-3-14-9-5-8(13)7(12)4-10(9)18(19)20/h4-6,14H,2-3H2,1H3. The summed E-state index contributed by atoms with van der Waals surface area (Å²) in [6.45, 7) is 0.339. The van der Waals surface area contributed by atoms with E-state index in [1.165, 1.54) is 0 Å². The van der Waals surface area contributed by atoms with Crippen molar-refractivity contribution in [2.24, 2.45) is 7.05 Å². The average molecular weight is 300 g/mol. The van der Waals surface area contributed by atoms with Crippen LogP contribution < -0.4 is 5.32 Å². The van der Waals surface area contributed by atoms with Gasteiger partial charge in [0.2, 0.25) is 0 Å². The average Bonchev–Trinajstić information content (AvgIpc) is 2.79. The fraction of sp³-hybridized carbons (Fsp3) is 0.273. The largest absolute Gasteiger partial charge is 0.379 e. The number of benzene rings is 1. The SMILES string of the molecule is Cn1cnc(CCNc2cc(F)c(Cl)cc2[N+](=O)[O-])n1. The van der Waals surface area contributed by atoms with Crippen LogP contribution in [0.15, 0.2) is 18.5 Å². The Bertz CT molecular complexity index is 646. The zero-order chi connectivity index (χ0) is 14.7. The second-order valence-electron chi connectivity index (χ2n) is 4.05. The molecule has 7 nitrogen and oxygen atoms in total. The lowest BCUT2D eigenvalue weighted by Gasteiger charge is -2.06. The molecule has 0 saturated carbocycles. The predicted octanol–water partition coefficient (Wildman–Crippen LogP) is 2.17. The van der Waals surface area contributed by atoms with Crippen LogP contribution in [0.4, 0.5) is 15.8 Å². The van der Waals surface area contributed by atoms with Crippen LogP contribution >= 0.6 is 11.6 Å². The Kier molecular flexibility index (Phi) is 4.14. The molecule has 0 bridgehead atoms. The number of nitrogens with zero attached hydrogens (tertiary/aromatic N) is 4. The molecule has 0 aliphatic carbocycles. The number of halogens is 2. The number of nitro benzene ring substituents is 1. The molecule has 0 fully saturated rings. The number of nitrogens with one attached hydrogen (secondary N) is 1. The summed E-state index contributed by atoms with van der Waals surface area (Å²) in [7, 11) is 1.74. The Balaban J connectivity index is 2.08. The van der Waals surface area contributed by atoms with Gasteiger partial charge in [0.25, 0.3) is 5.69 Å². The molecule has 1 aromatic carbocycles. The van der Waals surface area contributed by atoms with Crippen LogP contribution in [0.1, 0.15) is 5.82 Å². The molecule has 0 aliphatic rings. The summed E-state index contributed by atoms with van der Waals surface area (Å²) in [5.41, 5.74) is -0.196. The molecule has 2 rings (SSSR count). The smallest absolute Gasteiger partial charge is 0.294 e. The van der Waals surface area contributed by atoms with Gasteiger partial charge < -0.3 is 5.32 Å². The molecular formula is C11H11ClFN5O2. The second kappa shape index (κ2) is 5.83. The van der Waals surface area contributed by atoms with Crippen LogP contribution in [0.3, 0.4) is 0 Å². The topological polar surface area (TPSA) is 85.9 Å². The molecule has 1 heterocycles. The maximum atomic E-state index is 13.4. The minimum absolute atomic E-state index is 0.0767. The van der Waals surface area contributed by atoms with Crippen molar-refractivity contribution in [1.82, 2.24) is 14.8 Å². The van der Waals surface area contributed by atoms with Crippen LogP contribution in [-0.2, 0) is 13.5 Å². The highest BCUT2D eigenvalue weighted by Crippen LogP contribution is 2.30. The molecule has 0 aliphatic heterocycles. The first kappa shape index (κ1) is 14.2. The third kappa shape index (κ3) is 3.21. The van der Waals surface area contributed by atoms with Gasteiger partial charge in [0.1, 0.15) is 17.8 Å². The summed E-state index contributed by atoms with van der Waals surface area (Å²) in [6, 6.07) is 1.99. The van der Waals surface area contributed by atoms with Gasteiger partial charge in [0, 0.05) is 32.1 Å². The molecule has 0 spiro atoms. The molecule has 1 N–H and O–H groups in total. The van der Waals surface area contributed by atoms with Crippen molar-refractivity contribution in [2.75, 3.05) is 11.9 Å². The van der Waals surface area contributed by atoms with Gasteiger partial charge in [0.15, 0.2) is 5.82 Å². The molecule has 0 radical (unpaired) electrons. The lowest BCUT2D eigenvalue weighted by Crippen LogP contribution is -2.08. The van der Waals surface area contributed by atoms with Gasteiger partial charge >= 0.3 is 0 Å². The van der Waals surface area contributed by atoms with E-state index in [2.05, 4.69) is 15.4 Å². The molecule has 2 aromatic rings. The summed E-state index contributed by atoms with van der Waals surface area (Å²) in [4.78, 5) is 14.3. The first-order valence-electron chi connectivity index (χ1n) is 5.69. The minimum Gasteiger partial charge on any atom is -0.379 e. The van der Waals surface area contributed by atoms with E-state index in [1.807, 2.05) is 0 Å². The van der Waals surface area contributed by atoms with Crippen molar-refractivity contribution < 1.29 is 9.31 Å². The summed E-state index contributed by atoms with van der Waals surface area (Å²) in [5.74, 6) is -0.118. The van der Waals surface area contributed by atoms with Crippen molar-refractivity contribution >= 4 is 23.0 Å². The van der Waals surface area contributed by atoms with Crippen LogP contribution in [0.2, 0.25) is 5.02 Å². The number of hydrogen-bond donors (Lipinski definition) is 1. The monoisotopic (exact) mass is 299 g/mol. The van der Waals surface area contributed by atoms with E-state index in [0.29, 0.717) is 18.8 Å². The number of aryl methyl sites for hydroxylation is 1. The van der Waals surface area contributed by atoms with E-state index in [-0.39, 0.29) is 16.4 Å². The van der Waals surface area contributed by atoms with Crippen LogP contribution in [-0.4, -0.2) is 26.2 Å². The van der Waals surface area contributed by atoms with Crippen molar-refractivity contribution in [3.63, 3.8) is 0 Å². The van der Waals surface area contributed by atoms with E-state index < -0.39 is 10.7 Å². The van der Waals surface area contributed by atoms with Crippen LogP contribution in [0, 0.1) is 15.9 Å². The first-order chi connectivity index (χ1) is 9.47. The van der Waals surface area contributed by atoms with Gasteiger partial charge in [-0.25, -0.2) is 9.37 Å². The maximum absolute atomic E-state index is 13.4. The summed E-state index contributed by atoms with van der Waals surface area (Å²) in [6.07, 6.45) is 2.02. The Morgan fingerprint density at radius 2 is 2.30 bits per heavy atom. The van der Waals surface area contributed by atoms with Crippen molar-refractivity contribution in [1.29, 1.82) is 0 Å². The van der Waals surface area contributed by atoms with Crippen molar-refractivity contribution in [3.05, 3.63) is 45.2 Å². The Morgan fingerprint density at radius 1 is 1.55 bits per heavy atom. The number of hydrogen-bond acceptors (Lipinski definition) is 5. The lowest BCUT2D eigenvalue weighted by atomic mass is 10.2. The normalized spacial score (nSPS) is 10.6. The molecule has 106 valence electrons. The predicted molar refractivity (Wildman–Crippen MR) is 71.3 cm³/mol. The number of nitro groups is 1. The highest BCUT2D eigenvalue weighted by Gasteiger charge is 2.17.